The van der Waals surface area contributed by atoms with Crippen molar-refractivity contribution in [1.82, 2.24) is 14.9 Å². The third kappa shape index (κ3) is 4.40. The summed E-state index contributed by atoms with van der Waals surface area (Å²) in [4.78, 5) is 40.8. The lowest BCUT2D eigenvalue weighted by atomic mass is 10.0. The highest BCUT2D eigenvalue weighted by Crippen LogP contribution is 2.17. The first kappa shape index (κ1) is 19.2. The van der Waals surface area contributed by atoms with E-state index in [1.807, 2.05) is 6.07 Å². The quantitative estimate of drug-likeness (QED) is 0.657. The lowest BCUT2D eigenvalue weighted by molar-refractivity contribution is -0.141. The van der Waals surface area contributed by atoms with Gasteiger partial charge in [0.05, 0.1) is 36.8 Å². The number of nitrogens with one attached hydrogen (secondary N) is 1. The molecule has 1 amide bonds. The standard InChI is InChI=1S/C20H18FN3O4/c1-28-19(26)10-17(13-5-3-2-4-6-13)23-18(25)11-24-12-22-16-8-7-14(21)9-15(16)20(24)27/h2-9,12,17H,10-11H2,1H3,(H,23,25). The summed E-state index contributed by atoms with van der Waals surface area (Å²) in [7, 11) is 1.27. The molecule has 2 aromatic carbocycles. The van der Waals surface area contributed by atoms with Crippen LogP contribution >= 0.6 is 0 Å². The molecule has 0 aliphatic carbocycles. The minimum absolute atomic E-state index is 0.0532. The van der Waals surface area contributed by atoms with Gasteiger partial charge in [-0.1, -0.05) is 30.3 Å². The van der Waals surface area contributed by atoms with Crippen molar-refractivity contribution < 1.29 is 18.7 Å². The van der Waals surface area contributed by atoms with E-state index in [1.165, 1.54) is 25.6 Å². The molecule has 0 aliphatic heterocycles. The molecule has 28 heavy (non-hydrogen) atoms. The van der Waals surface area contributed by atoms with Crippen molar-refractivity contribution in [1.29, 1.82) is 0 Å². The molecule has 0 aliphatic rings. The highest BCUT2D eigenvalue weighted by atomic mass is 19.1. The molecule has 1 N–H and O–H groups in total. The molecule has 1 aromatic heterocycles. The van der Waals surface area contributed by atoms with Gasteiger partial charge in [-0.25, -0.2) is 9.37 Å². The molecule has 1 heterocycles. The summed E-state index contributed by atoms with van der Waals surface area (Å²) >= 11 is 0. The van der Waals surface area contributed by atoms with Crippen LogP contribution in [0.4, 0.5) is 4.39 Å². The largest absolute Gasteiger partial charge is 0.469 e. The highest BCUT2D eigenvalue weighted by molar-refractivity contribution is 5.80. The van der Waals surface area contributed by atoms with E-state index in [2.05, 4.69) is 15.0 Å². The summed E-state index contributed by atoms with van der Waals surface area (Å²) in [6, 6.07) is 12.0. The molecule has 7 nitrogen and oxygen atoms in total. The molecule has 3 rings (SSSR count). The zero-order valence-corrected chi connectivity index (χ0v) is 15.1. The van der Waals surface area contributed by atoms with E-state index in [9.17, 15) is 18.8 Å². The van der Waals surface area contributed by atoms with Gasteiger partial charge in [0.1, 0.15) is 12.4 Å². The third-order valence-electron chi connectivity index (χ3n) is 4.24. The van der Waals surface area contributed by atoms with Crippen LogP contribution in [-0.4, -0.2) is 28.5 Å². The summed E-state index contributed by atoms with van der Waals surface area (Å²) < 4.78 is 19.2. The SMILES string of the molecule is COC(=O)CC(NC(=O)Cn1cnc2ccc(F)cc2c1=O)c1ccccc1. The number of esters is 1. The number of hydrogen-bond donors (Lipinski definition) is 1. The first-order chi connectivity index (χ1) is 13.5. The molecule has 144 valence electrons. The van der Waals surface area contributed by atoms with Gasteiger partial charge in [-0.3, -0.25) is 19.0 Å². The van der Waals surface area contributed by atoms with Crippen molar-refractivity contribution >= 4 is 22.8 Å². The van der Waals surface area contributed by atoms with E-state index in [-0.39, 0.29) is 18.4 Å². The second kappa shape index (κ2) is 8.43. The van der Waals surface area contributed by atoms with Crippen LogP contribution in [0, 0.1) is 5.82 Å². The van der Waals surface area contributed by atoms with Crippen molar-refractivity contribution in [3.8, 4) is 0 Å². The number of carbonyl (C=O) groups is 2. The van der Waals surface area contributed by atoms with Gasteiger partial charge < -0.3 is 10.1 Å². The fourth-order valence-electron chi connectivity index (χ4n) is 2.83. The van der Waals surface area contributed by atoms with Gasteiger partial charge in [0, 0.05) is 0 Å². The van der Waals surface area contributed by atoms with E-state index in [1.54, 1.807) is 24.3 Å². The number of benzene rings is 2. The van der Waals surface area contributed by atoms with E-state index < -0.39 is 29.3 Å². The van der Waals surface area contributed by atoms with Crippen molar-refractivity contribution in [2.75, 3.05) is 7.11 Å². The van der Waals surface area contributed by atoms with Gasteiger partial charge >= 0.3 is 5.97 Å². The lowest BCUT2D eigenvalue weighted by Gasteiger charge is -2.18. The molecule has 3 aromatic rings. The lowest BCUT2D eigenvalue weighted by Crippen LogP contribution is -2.35. The second-order valence-corrected chi connectivity index (χ2v) is 6.15. The number of fused-ring (bicyclic) bond motifs is 1. The smallest absolute Gasteiger partial charge is 0.307 e. The minimum Gasteiger partial charge on any atom is -0.469 e. The molecular formula is C20H18FN3O4. The van der Waals surface area contributed by atoms with Crippen LogP contribution in [0.2, 0.25) is 0 Å². The number of carbonyl (C=O) groups excluding carboxylic acids is 2. The number of amides is 1. The van der Waals surface area contributed by atoms with Gasteiger partial charge in [0.15, 0.2) is 0 Å². The number of rotatable bonds is 6. The maximum Gasteiger partial charge on any atom is 0.307 e. The van der Waals surface area contributed by atoms with Gasteiger partial charge in [0.25, 0.3) is 5.56 Å². The Kier molecular flexibility index (Phi) is 5.78. The molecule has 1 unspecified atom stereocenters. The Hall–Kier alpha value is -3.55. The summed E-state index contributed by atoms with van der Waals surface area (Å²) in [5.74, 6) is -1.53. The van der Waals surface area contributed by atoms with Crippen molar-refractivity contribution in [2.24, 2.45) is 0 Å². The molecule has 0 saturated heterocycles. The zero-order chi connectivity index (χ0) is 20.1. The van der Waals surface area contributed by atoms with Gasteiger partial charge in [-0.05, 0) is 23.8 Å². The van der Waals surface area contributed by atoms with Crippen molar-refractivity contribution in [2.45, 2.75) is 19.0 Å². The topological polar surface area (TPSA) is 90.3 Å². The van der Waals surface area contributed by atoms with Crippen LogP contribution in [0.5, 0.6) is 0 Å². The second-order valence-electron chi connectivity index (χ2n) is 6.15. The number of methoxy groups -OCH3 is 1. The summed E-state index contributed by atoms with van der Waals surface area (Å²) in [5, 5.41) is 2.82. The molecule has 1 atom stereocenters. The Morgan fingerprint density at radius 3 is 2.68 bits per heavy atom. The average molecular weight is 383 g/mol. The number of ether oxygens (including phenoxy) is 1. The Morgan fingerprint density at radius 2 is 1.96 bits per heavy atom. The first-order valence-corrected chi connectivity index (χ1v) is 8.53. The van der Waals surface area contributed by atoms with Crippen LogP contribution < -0.4 is 10.9 Å². The predicted octanol–water partition coefficient (Wildman–Crippen LogP) is 1.96. The van der Waals surface area contributed by atoms with Crippen LogP contribution in [0.15, 0.2) is 59.7 Å². The third-order valence-corrected chi connectivity index (χ3v) is 4.24. The minimum atomic E-state index is -0.609. The zero-order valence-electron chi connectivity index (χ0n) is 15.1. The first-order valence-electron chi connectivity index (χ1n) is 8.53. The van der Waals surface area contributed by atoms with Crippen LogP contribution in [0.3, 0.4) is 0 Å². The van der Waals surface area contributed by atoms with E-state index in [0.717, 1.165) is 16.2 Å². The fourth-order valence-corrected chi connectivity index (χ4v) is 2.83. The number of hydrogen-bond acceptors (Lipinski definition) is 5. The van der Waals surface area contributed by atoms with Gasteiger partial charge in [0.2, 0.25) is 5.91 Å². The molecule has 8 heteroatoms. The van der Waals surface area contributed by atoms with Gasteiger partial charge in [-0.15, -0.1) is 0 Å². The average Bonchev–Trinajstić information content (AvgIpc) is 2.70. The Bertz CT molecular complexity index is 1070. The number of halogens is 1. The Morgan fingerprint density at radius 1 is 1.21 bits per heavy atom. The highest BCUT2D eigenvalue weighted by Gasteiger charge is 2.19. The predicted molar refractivity (Wildman–Crippen MR) is 99.9 cm³/mol. The fraction of sp³-hybridized carbons (Fsp3) is 0.200. The molecule has 0 radical (unpaired) electrons. The van der Waals surface area contributed by atoms with Crippen LogP contribution in [0.1, 0.15) is 18.0 Å². The van der Waals surface area contributed by atoms with Crippen LogP contribution in [-0.2, 0) is 20.9 Å². The van der Waals surface area contributed by atoms with Gasteiger partial charge in [-0.2, -0.15) is 0 Å². The number of aromatic nitrogens is 2. The maximum absolute atomic E-state index is 13.4. The van der Waals surface area contributed by atoms with E-state index in [0.29, 0.717) is 5.52 Å². The maximum atomic E-state index is 13.4. The van der Waals surface area contributed by atoms with Crippen molar-refractivity contribution in [3.63, 3.8) is 0 Å². The van der Waals surface area contributed by atoms with Crippen LogP contribution in [0.25, 0.3) is 10.9 Å². The monoisotopic (exact) mass is 383 g/mol. The van der Waals surface area contributed by atoms with Crippen molar-refractivity contribution in [3.05, 3.63) is 76.6 Å². The van der Waals surface area contributed by atoms with E-state index in [4.69, 9.17) is 0 Å². The summed E-state index contributed by atoms with van der Waals surface area (Å²) in [5.41, 5.74) is 0.548. The Balaban J connectivity index is 1.81. The summed E-state index contributed by atoms with van der Waals surface area (Å²) in [6.07, 6.45) is 1.18. The molecular weight excluding hydrogens is 365 g/mol. The molecule has 0 saturated carbocycles. The molecule has 0 fully saturated rings. The number of nitrogens with zero attached hydrogens (tertiary/aromatic N) is 2. The van der Waals surface area contributed by atoms with E-state index >= 15 is 0 Å². The molecule has 0 bridgehead atoms. The Labute approximate surface area is 159 Å². The normalized spacial score (nSPS) is 11.8. The molecule has 0 spiro atoms. The summed E-state index contributed by atoms with van der Waals surface area (Å²) in [6.45, 7) is -0.317.